The quantitative estimate of drug-likeness (QED) is 0.502. The van der Waals surface area contributed by atoms with Gasteiger partial charge >= 0.3 is 24.3 Å². The Bertz CT molecular complexity index is 1010. The van der Waals surface area contributed by atoms with Crippen LogP contribution < -0.4 is 0 Å². The summed E-state index contributed by atoms with van der Waals surface area (Å²) in [6.45, 7) is 6.15. The Labute approximate surface area is 215 Å². The lowest BCUT2D eigenvalue weighted by Crippen LogP contribution is -2.58. The molecular formula is C21H23F6N3O5S2. The number of thioether (sulfide) groups is 1. The first kappa shape index (κ1) is 30.8. The number of aliphatic carboxylic acids is 2. The second-order valence-electron chi connectivity index (χ2n) is 8.06. The van der Waals surface area contributed by atoms with E-state index in [1.165, 1.54) is 30.1 Å². The van der Waals surface area contributed by atoms with Crippen molar-refractivity contribution in [1.29, 1.82) is 0 Å². The zero-order valence-corrected chi connectivity index (χ0v) is 20.9. The van der Waals surface area contributed by atoms with E-state index in [-0.39, 0.29) is 0 Å². The van der Waals surface area contributed by atoms with Crippen molar-refractivity contribution < 1.29 is 50.9 Å². The summed E-state index contributed by atoms with van der Waals surface area (Å²) >= 11 is 3.87. The number of aromatic nitrogens is 2. The van der Waals surface area contributed by atoms with E-state index >= 15 is 0 Å². The van der Waals surface area contributed by atoms with Crippen molar-refractivity contribution in [3.05, 3.63) is 46.2 Å². The summed E-state index contributed by atoms with van der Waals surface area (Å²) in [6.07, 6.45) is -6.80. The molecule has 1 spiro atoms. The SMILES string of the molecule is Cc1ncsc1CN1CC2(CC(OCc3ccccn3)CS2)C1.O=C(O)C(F)(F)F.O=C(O)C(F)(F)F. The molecule has 2 N–H and O–H groups in total. The average molecular weight is 576 g/mol. The van der Waals surface area contributed by atoms with Gasteiger partial charge in [-0.2, -0.15) is 26.3 Å². The minimum absolute atomic E-state index is 0.370. The van der Waals surface area contributed by atoms with Gasteiger partial charge in [-0.3, -0.25) is 9.88 Å². The number of rotatable bonds is 5. The highest BCUT2D eigenvalue weighted by Crippen LogP contribution is 2.46. The van der Waals surface area contributed by atoms with Crippen LogP contribution in [0.5, 0.6) is 0 Å². The first-order chi connectivity index (χ1) is 17.1. The maximum atomic E-state index is 10.6. The minimum atomic E-state index is -5.08. The van der Waals surface area contributed by atoms with Gasteiger partial charge in [0.2, 0.25) is 0 Å². The maximum absolute atomic E-state index is 10.6. The lowest BCUT2D eigenvalue weighted by atomic mass is 9.93. The van der Waals surface area contributed by atoms with Crippen molar-refractivity contribution in [1.82, 2.24) is 14.9 Å². The van der Waals surface area contributed by atoms with Gasteiger partial charge in [0.1, 0.15) is 0 Å². The fourth-order valence-electron chi connectivity index (χ4n) is 3.38. The molecule has 0 bridgehead atoms. The highest BCUT2D eigenvalue weighted by atomic mass is 32.2. The number of thiazole rings is 1. The summed E-state index contributed by atoms with van der Waals surface area (Å²) < 4.78 is 70.0. The molecule has 0 aliphatic carbocycles. The number of hydrogen-bond donors (Lipinski definition) is 2. The van der Waals surface area contributed by atoms with Crippen LogP contribution in [-0.2, 0) is 27.5 Å². The molecule has 0 saturated carbocycles. The molecule has 4 heterocycles. The number of pyridine rings is 1. The van der Waals surface area contributed by atoms with Gasteiger partial charge in [0.05, 0.1) is 29.6 Å². The number of halogens is 6. The lowest BCUT2D eigenvalue weighted by Gasteiger charge is -2.47. The van der Waals surface area contributed by atoms with E-state index in [1.54, 1.807) is 11.3 Å². The molecule has 0 aromatic carbocycles. The second kappa shape index (κ2) is 12.9. The molecule has 206 valence electrons. The zero-order chi connectivity index (χ0) is 27.9. The number of carboxylic acids is 2. The van der Waals surface area contributed by atoms with Gasteiger partial charge in [-0.05, 0) is 25.5 Å². The summed E-state index contributed by atoms with van der Waals surface area (Å²) in [5.74, 6) is -4.40. The molecule has 4 rings (SSSR count). The van der Waals surface area contributed by atoms with Crippen LogP contribution in [0.3, 0.4) is 0 Å². The predicted octanol–water partition coefficient (Wildman–Crippen LogP) is 4.39. The van der Waals surface area contributed by atoms with Gasteiger partial charge < -0.3 is 14.9 Å². The Morgan fingerprint density at radius 2 is 1.70 bits per heavy atom. The molecule has 2 aromatic rings. The summed E-state index contributed by atoms with van der Waals surface area (Å²) in [7, 11) is 0. The molecule has 1 atom stereocenters. The molecule has 1 unspecified atom stereocenters. The van der Waals surface area contributed by atoms with Gasteiger partial charge in [-0.15, -0.1) is 23.1 Å². The second-order valence-corrected chi connectivity index (χ2v) is 10.5. The fourth-order valence-corrected chi connectivity index (χ4v) is 5.80. The van der Waals surface area contributed by atoms with E-state index < -0.39 is 24.3 Å². The largest absolute Gasteiger partial charge is 0.490 e. The Hall–Kier alpha value is -2.43. The van der Waals surface area contributed by atoms with Crippen LogP contribution in [0, 0.1) is 6.92 Å². The molecule has 2 saturated heterocycles. The van der Waals surface area contributed by atoms with Crippen molar-refractivity contribution in [2.75, 3.05) is 18.8 Å². The molecule has 0 amide bonds. The molecule has 2 aliphatic heterocycles. The normalized spacial score (nSPS) is 18.7. The summed E-state index contributed by atoms with van der Waals surface area (Å²) in [5.41, 5.74) is 4.16. The lowest BCUT2D eigenvalue weighted by molar-refractivity contribution is -0.193. The van der Waals surface area contributed by atoms with E-state index in [9.17, 15) is 26.3 Å². The van der Waals surface area contributed by atoms with E-state index in [4.69, 9.17) is 24.5 Å². The van der Waals surface area contributed by atoms with Crippen LogP contribution in [-0.4, -0.2) is 79.1 Å². The number of ether oxygens (including phenoxy) is 1. The van der Waals surface area contributed by atoms with E-state index in [2.05, 4.69) is 33.6 Å². The molecule has 2 aromatic heterocycles. The van der Waals surface area contributed by atoms with Gasteiger partial charge in [0.25, 0.3) is 0 Å². The predicted molar refractivity (Wildman–Crippen MR) is 122 cm³/mol. The van der Waals surface area contributed by atoms with Crippen molar-refractivity contribution in [2.45, 2.75) is 49.7 Å². The molecule has 0 radical (unpaired) electrons. The number of aryl methyl sites for hydroxylation is 1. The number of hydrogen-bond acceptors (Lipinski definition) is 8. The Kier molecular flexibility index (Phi) is 10.7. The zero-order valence-electron chi connectivity index (χ0n) is 19.3. The van der Waals surface area contributed by atoms with Crippen LogP contribution in [0.4, 0.5) is 26.3 Å². The molecule has 2 fully saturated rings. The third-order valence-corrected chi connectivity index (χ3v) is 7.58. The van der Waals surface area contributed by atoms with Gasteiger partial charge in [0, 0.05) is 41.2 Å². The third-order valence-electron chi connectivity index (χ3n) is 5.09. The minimum Gasteiger partial charge on any atom is -0.475 e. The van der Waals surface area contributed by atoms with Crippen LogP contribution in [0.1, 0.15) is 22.7 Å². The van der Waals surface area contributed by atoms with E-state index in [0.717, 1.165) is 18.0 Å². The summed E-state index contributed by atoms with van der Waals surface area (Å²) in [4.78, 5) is 30.4. The summed E-state index contributed by atoms with van der Waals surface area (Å²) in [5, 5.41) is 14.2. The highest BCUT2D eigenvalue weighted by molar-refractivity contribution is 8.01. The molecule has 2 aliphatic rings. The third kappa shape index (κ3) is 10.1. The van der Waals surface area contributed by atoms with Crippen molar-refractivity contribution in [2.24, 2.45) is 0 Å². The van der Waals surface area contributed by atoms with Crippen molar-refractivity contribution >= 4 is 35.0 Å². The van der Waals surface area contributed by atoms with Gasteiger partial charge in [-0.1, -0.05) is 6.07 Å². The smallest absolute Gasteiger partial charge is 0.475 e. The number of carbonyl (C=O) groups is 2. The Morgan fingerprint density at radius 3 is 2.16 bits per heavy atom. The van der Waals surface area contributed by atoms with Crippen LogP contribution >= 0.6 is 23.1 Å². The van der Waals surface area contributed by atoms with Gasteiger partial charge in [-0.25, -0.2) is 14.6 Å². The average Bonchev–Trinajstić information content (AvgIpc) is 3.39. The first-order valence-electron chi connectivity index (χ1n) is 10.5. The molecular weight excluding hydrogens is 552 g/mol. The number of nitrogens with zero attached hydrogens (tertiary/aromatic N) is 3. The Morgan fingerprint density at radius 1 is 1.11 bits per heavy atom. The monoisotopic (exact) mass is 575 g/mol. The number of likely N-dealkylation sites (tertiary alicyclic amines) is 1. The Balaban J connectivity index is 0.000000286. The number of alkyl halides is 6. The molecule has 37 heavy (non-hydrogen) atoms. The molecule has 16 heteroatoms. The van der Waals surface area contributed by atoms with E-state index in [1.807, 2.05) is 29.9 Å². The maximum Gasteiger partial charge on any atom is 0.490 e. The van der Waals surface area contributed by atoms with Crippen molar-refractivity contribution in [3.63, 3.8) is 0 Å². The van der Waals surface area contributed by atoms with Crippen molar-refractivity contribution in [3.8, 4) is 0 Å². The topological polar surface area (TPSA) is 113 Å². The van der Waals surface area contributed by atoms with Crippen LogP contribution in [0.25, 0.3) is 0 Å². The highest BCUT2D eigenvalue weighted by Gasteiger charge is 2.49. The van der Waals surface area contributed by atoms with Gasteiger partial charge in [0.15, 0.2) is 0 Å². The standard InChI is InChI=1S/C17H21N3OS2.2C2HF3O2/c1-13-16(22-12-19-13)7-20-10-17(11-20)6-15(9-23-17)21-8-14-4-2-3-5-18-14;2*3-2(4,5)1(6)7/h2-5,12,15H,6-11H2,1H3;2*(H,6,7). The number of carboxylic acid groups (broad SMARTS) is 2. The van der Waals surface area contributed by atoms with E-state index in [0.29, 0.717) is 17.5 Å². The summed E-state index contributed by atoms with van der Waals surface area (Å²) in [6, 6.07) is 5.99. The van der Waals surface area contributed by atoms with Crippen LogP contribution in [0.2, 0.25) is 0 Å². The first-order valence-corrected chi connectivity index (χ1v) is 12.3. The fraction of sp³-hybridized carbons (Fsp3) is 0.524. The van der Waals surface area contributed by atoms with Crippen LogP contribution in [0.15, 0.2) is 29.9 Å². The molecule has 8 nitrogen and oxygen atoms in total.